The third-order valence-corrected chi connectivity index (χ3v) is 3.34. The molecule has 1 heterocycles. The number of amides is 1. The van der Waals surface area contributed by atoms with Crippen molar-refractivity contribution >= 4 is 39.0 Å². The number of ether oxygens (including phenoxy) is 1. The van der Waals surface area contributed by atoms with Crippen molar-refractivity contribution in [3.8, 4) is 11.3 Å². The maximum atomic E-state index is 11.4. The Morgan fingerprint density at radius 1 is 1.47 bits per heavy atom. The number of nitrogens with zero attached hydrogens (tertiary/aromatic N) is 1. The fourth-order valence-corrected chi connectivity index (χ4v) is 2.38. The highest BCUT2D eigenvalue weighted by Crippen LogP contribution is 2.33. The van der Waals surface area contributed by atoms with E-state index in [2.05, 4.69) is 10.3 Å². The molecule has 0 aliphatic carbocycles. The van der Waals surface area contributed by atoms with Crippen LogP contribution in [-0.2, 0) is 9.53 Å². The Labute approximate surface area is 119 Å². The molecule has 100 valence electrons. The van der Waals surface area contributed by atoms with Crippen molar-refractivity contribution in [3.63, 3.8) is 0 Å². The van der Waals surface area contributed by atoms with Crippen molar-refractivity contribution in [1.29, 1.82) is 0 Å². The van der Waals surface area contributed by atoms with Gasteiger partial charge < -0.3 is 10.5 Å². The van der Waals surface area contributed by atoms with Gasteiger partial charge in [0.15, 0.2) is 5.13 Å². The Kier molecular flexibility index (Phi) is 4.36. The van der Waals surface area contributed by atoms with Crippen LogP contribution in [0.25, 0.3) is 11.3 Å². The van der Waals surface area contributed by atoms with Gasteiger partial charge in [-0.05, 0) is 12.1 Å². The molecule has 0 atom stereocenters. The minimum atomic E-state index is -0.265. The normalized spacial score (nSPS) is 10.4. The Hall–Kier alpha value is -1.63. The molecule has 0 saturated carbocycles. The standard InChI is InChI=1S/C12H12ClN3O2S/c1-18-6-9(17)15-12-16-10(11(14)19-12)7-2-4-8(13)5-3-7/h2-5H,6,14H2,1H3,(H,15,16,17). The van der Waals surface area contributed by atoms with Crippen molar-refractivity contribution < 1.29 is 9.53 Å². The highest BCUT2D eigenvalue weighted by atomic mass is 35.5. The first-order valence-corrected chi connectivity index (χ1v) is 6.60. The molecule has 0 spiro atoms. The van der Waals surface area contributed by atoms with E-state index >= 15 is 0 Å². The number of nitrogens with two attached hydrogens (primary N) is 1. The minimum Gasteiger partial charge on any atom is -0.389 e. The second kappa shape index (κ2) is 6.01. The molecule has 0 saturated heterocycles. The topological polar surface area (TPSA) is 77.2 Å². The maximum absolute atomic E-state index is 11.4. The summed E-state index contributed by atoms with van der Waals surface area (Å²) >= 11 is 7.04. The molecular formula is C12H12ClN3O2S. The third-order valence-electron chi connectivity index (χ3n) is 2.29. The van der Waals surface area contributed by atoms with Crippen LogP contribution in [0.3, 0.4) is 0 Å². The first-order chi connectivity index (χ1) is 9.10. The lowest BCUT2D eigenvalue weighted by atomic mass is 10.2. The van der Waals surface area contributed by atoms with Gasteiger partial charge in [0.1, 0.15) is 17.3 Å². The second-order valence-corrected chi connectivity index (χ2v) is 5.19. The number of nitrogens with one attached hydrogen (secondary N) is 1. The van der Waals surface area contributed by atoms with Crippen LogP contribution in [-0.4, -0.2) is 24.6 Å². The molecule has 5 nitrogen and oxygen atoms in total. The smallest absolute Gasteiger partial charge is 0.252 e. The quantitative estimate of drug-likeness (QED) is 0.909. The highest BCUT2D eigenvalue weighted by Gasteiger charge is 2.12. The van der Waals surface area contributed by atoms with E-state index in [0.29, 0.717) is 20.8 Å². The first-order valence-electron chi connectivity index (χ1n) is 5.41. The number of hydrogen-bond donors (Lipinski definition) is 2. The largest absolute Gasteiger partial charge is 0.389 e. The number of hydrogen-bond acceptors (Lipinski definition) is 5. The molecule has 7 heteroatoms. The molecule has 2 rings (SSSR count). The van der Waals surface area contributed by atoms with Gasteiger partial charge in [-0.1, -0.05) is 35.1 Å². The number of rotatable bonds is 4. The van der Waals surface area contributed by atoms with Gasteiger partial charge in [-0.2, -0.15) is 0 Å². The van der Waals surface area contributed by atoms with Gasteiger partial charge in [-0.25, -0.2) is 4.98 Å². The van der Waals surface area contributed by atoms with E-state index in [1.54, 1.807) is 12.1 Å². The van der Waals surface area contributed by atoms with Crippen LogP contribution in [0.4, 0.5) is 10.1 Å². The third kappa shape index (κ3) is 3.44. The molecule has 0 aliphatic heterocycles. The van der Waals surface area contributed by atoms with Crippen molar-refractivity contribution in [2.75, 3.05) is 24.8 Å². The van der Waals surface area contributed by atoms with Gasteiger partial charge in [0.05, 0.1) is 0 Å². The van der Waals surface area contributed by atoms with E-state index in [4.69, 9.17) is 22.1 Å². The van der Waals surface area contributed by atoms with Gasteiger partial charge in [0.25, 0.3) is 5.91 Å². The van der Waals surface area contributed by atoms with E-state index in [1.165, 1.54) is 18.4 Å². The average molecular weight is 298 g/mol. The number of nitrogen functional groups attached to an aromatic ring is 1. The van der Waals surface area contributed by atoms with Gasteiger partial charge in [-0.3, -0.25) is 10.1 Å². The Morgan fingerprint density at radius 3 is 2.79 bits per heavy atom. The van der Waals surface area contributed by atoms with Gasteiger partial charge in [-0.15, -0.1) is 0 Å². The summed E-state index contributed by atoms with van der Waals surface area (Å²) in [5.74, 6) is -0.265. The lowest BCUT2D eigenvalue weighted by molar-refractivity contribution is -0.119. The zero-order valence-corrected chi connectivity index (χ0v) is 11.7. The van der Waals surface area contributed by atoms with E-state index in [9.17, 15) is 4.79 Å². The summed E-state index contributed by atoms with van der Waals surface area (Å²) < 4.78 is 4.73. The number of benzene rings is 1. The highest BCUT2D eigenvalue weighted by molar-refractivity contribution is 7.20. The first kappa shape index (κ1) is 13.8. The monoisotopic (exact) mass is 297 g/mol. The molecule has 3 N–H and O–H groups in total. The average Bonchev–Trinajstić information content (AvgIpc) is 2.71. The van der Waals surface area contributed by atoms with Gasteiger partial charge in [0, 0.05) is 17.7 Å². The van der Waals surface area contributed by atoms with Crippen LogP contribution < -0.4 is 11.1 Å². The van der Waals surface area contributed by atoms with E-state index in [0.717, 1.165) is 5.56 Å². The Balaban J connectivity index is 2.21. The molecule has 19 heavy (non-hydrogen) atoms. The predicted molar refractivity (Wildman–Crippen MR) is 77.5 cm³/mol. The summed E-state index contributed by atoms with van der Waals surface area (Å²) in [6.07, 6.45) is 0. The SMILES string of the molecule is COCC(=O)Nc1nc(-c2ccc(Cl)cc2)c(N)s1. The van der Waals surface area contributed by atoms with E-state index in [-0.39, 0.29) is 12.5 Å². The lowest BCUT2D eigenvalue weighted by Gasteiger charge is -1.99. The Morgan fingerprint density at radius 2 is 2.16 bits per heavy atom. The predicted octanol–water partition coefficient (Wildman–Crippen LogP) is 2.63. The molecule has 0 fully saturated rings. The van der Waals surface area contributed by atoms with Crippen LogP contribution in [0.15, 0.2) is 24.3 Å². The molecule has 1 amide bonds. The summed E-state index contributed by atoms with van der Waals surface area (Å²) in [7, 11) is 1.45. The molecule has 1 aromatic heterocycles. The molecule has 0 radical (unpaired) electrons. The molecular weight excluding hydrogens is 286 g/mol. The lowest BCUT2D eigenvalue weighted by Crippen LogP contribution is -2.16. The molecule has 0 bridgehead atoms. The number of anilines is 2. The summed E-state index contributed by atoms with van der Waals surface area (Å²) in [6.45, 7) is -0.0181. The van der Waals surface area contributed by atoms with Crippen LogP contribution >= 0.6 is 22.9 Å². The van der Waals surface area contributed by atoms with Crippen LogP contribution in [0.5, 0.6) is 0 Å². The van der Waals surface area contributed by atoms with E-state index < -0.39 is 0 Å². The van der Waals surface area contributed by atoms with Crippen LogP contribution in [0.1, 0.15) is 0 Å². The van der Waals surface area contributed by atoms with Crippen molar-refractivity contribution in [3.05, 3.63) is 29.3 Å². The van der Waals surface area contributed by atoms with Crippen LogP contribution in [0.2, 0.25) is 5.02 Å². The van der Waals surface area contributed by atoms with Gasteiger partial charge >= 0.3 is 0 Å². The van der Waals surface area contributed by atoms with Crippen molar-refractivity contribution in [1.82, 2.24) is 4.98 Å². The van der Waals surface area contributed by atoms with Crippen molar-refractivity contribution in [2.45, 2.75) is 0 Å². The summed E-state index contributed by atoms with van der Waals surface area (Å²) in [4.78, 5) is 15.7. The number of thiazole rings is 1. The minimum absolute atomic E-state index is 0.0181. The number of halogens is 1. The fourth-order valence-electron chi connectivity index (χ4n) is 1.49. The zero-order chi connectivity index (χ0) is 13.8. The molecule has 0 unspecified atom stereocenters. The van der Waals surface area contributed by atoms with Crippen molar-refractivity contribution in [2.24, 2.45) is 0 Å². The summed E-state index contributed by atoms with van der Waals surface area (Å²) in [5, 5.41) is 4.25. The number of methoxy groups -OCH3 is 1. The molecule has 0 aliphatic rings. The second-order valence-electron chi connectivity index (χ2n) is 3.72. The maximum Gasteiger partial charge on any atom is 0.252 e. The number of carbonyl (C=O) groups is 1. The van der Waals surface area contributed by atoms with E-state index in [1.807, 2.05) is 12.1 Å². The number of aromatic nitrogens is 1. The Bertz CT molecular complexity index is 583. The number of carbonyl (C=O) groups excluding carboxylic acids is 1. The zero-order valence-electron chi connectivity index (χ0n) is 10.1. The molecule has 2 aromatic rings. The fraction of sp³-hybridized carbons (Fsp3) is 0.167. The molecule has 1 aromatic carbocycles. The van der Waals surface area contributed by atoms with Gasteiger partial charge in [0.2, 0.25) is 0 Å². The van der Waals surface area contributed by atoms with Crippen LogP contribution in [0, 0.1) is 0 Å². The summed E-state index contributed by atoms with van der Waals surface area (Å²) in [6, 6.07) is 7.18. The summed E-state index contributed by atoms with van der Waals surface area (Å²) in [5.41, 5.74) is 7.39.